The molecule has 7 nitrogen and oxygen atoms in total. The van der Waals surface area contributed by atoms with Gasteiger partial charge in [-0.2, -0.15) is 0 Å². The predicted octanol–water partition coefficient (Wildman–Crippen LogP) is 0.543. The topological polar surface area (TPSA) is 92.6 Å². The van der Waals surface area contributed by atoms with E-state index < -0.39 is 11.2 Å². The Bertz CT molecular complexity index is 148. The number of hydrogen-bond acceptors (Lipinski definition) is 6. The van der Waals surface area contributed by atoms with Gasteiger partial charge in [0, 0.05) is 0 Å². The van der Waals surface area contributed by atoms with Crippen LogP contribution in [0, 0.1) is 16.4 Å². The van der Waals surface area contributed by atoms with Gasteiger partial charge in [0.1, 0.15) is 0 Å². The molecule has 41 valence electrons. The van der Waals surface area contributed by atoms with Crippen LogP contribution in [0.15, 0.2) is 20.7 Å². The lowest BCUT2D eigenvalue weighted by Crippen LogP contribution is -2.00. The number of hydrogen-bond donors (Lipinski definition) is 0. The molecule has 0 fully saturated rings. The molecule has 0 aromatic carbocycles. The van der Waals surface area contributed by atoms with Gasteiger partial charge in [0.15, 0.2) is 0 Å². The van der Waals surface area contributed by atoms with Crippen molar-refractivity contribution in [3.63, 3.8) is 0 Å². The van der Waals surface area contributed by atoms with E-state index in [1.54, 1.807) is 0 Å². The van der Waals surface area contributed by atoms with E-state index in [0.29, 0.717) is 0 Å². The van der Waals surface area contributed by atoms with Crippen LogP contribution in [-0.2, 0) is 0 Å². The van der Waals surface area contributed by atoms with Gasteiger partial charge >= 0.3 is 6.29 Å². The molecule has 0 aromatic heterocycles. The Kier molecular flexibility index (Phi) is 0.952. The van der Waals surface area contributed by atoms with Crippen LogP contribution in [-0.4, -0.2) is 4.92 Å². The number of nitro groups is 1. The summed E-state index contributed by atoms with van der Waals surface area (Å²) in [6.07, 6.45) is -0.565. The van der Waals surface area contributed by atoms with Crippen LogP contribution in [0.1, 0.15) is 0 Å². The van der Waals surface area contributed by atoms with E-state index in [-0.39, 0.29) is 0 Å². The third-order valence-corrected chi connectivity index (χ3v) is 0.472. The van der Waals surface area contributed by atoms with E-state index in [4.69, 9.17) is 0 Å². The molecule has 0 saturated carbocycles. The van der Waals surface area contributed by atoms with Crippen LogP contribution in [0.3, 0.4) is 0 Å². The largest absolute Gasteiger partial charge is 0.567 e. The highest BCUT2D eigenvalue weighted by atomic mass is 16.6. The number of rotatable bonds is 1. The Hall–Kier alpha value is -1.40. The van der Waals surface area contributed by atoms with E-state index in [1.165, 1.54) is 0 Å². The highest BCUT2D eigenvalue weighted by Gasteiger charge is 2.26. The summed E-state index contributed by atoms with van der Waals surface area (Å²) < 4.78 is 0. The van der Waals surface area contributed by atoms with Gasteiger partial charge in [0.25, 0.3) is 0 Å². The van der Waals surface area contributed by atoms with Crippen molar-refractivity contribution in [2.75, 3.05) is 0 Å². The van der Waals surface area contributed by atoms with Gasteiger partial charge < -0.3 is 0 Å². The Labute approximate surface area is 43.3 Å². The summed E-state index contributed by atoms with van der Waals surface area (Å²) in [6, 6.07) is 0. The maximum atomic E-state index is 9.66. The zero-order chi connectivity index (χ0) is 5.98. The molecule has 8 heavy (non-hydrogen) atoms. The van der Waals surface area contributed by atoms with Gasteiger partial charge in [-0.15, -0.1) is 0 Å². The average Bonchev–Trinajstić information content (AvgIpc) is 2.12. The van der Waals surface area contributed by atoms with Crippen LogP contribution < -0.4 is 0 Å². The molecule has 1 heterocycles. The summed E-state index contributed by atoms with van der Waals surface area (Å²) in [5.41, 5.74) is 0. The minimum Gasteiger partial charge on any atom is -0.260 e. The van der Waals surface area contributed by atoms with Crippen LogP contribution >= 0.6 is 0 Å². The van der Waals surface area contributed by atoms with Gasteiger partial charge in [-0.05, 0) is 10.4 Å². The maximum Gasteiger partial charge on any atom is 0.567 e. The molecule has 0 N–H and O–H groups in total. The molecule has 0 saturated heterocycles. The second kappa shape index (κ2) is 1.60. The van der Waals surface area contributed by atoms with Crippen LogP contribution in [0.25, 0.3) is 0 Å². The van der Waals surface area contributed by atoms with Gasteiger partial charge in [-0.3, -0.25) is 10.1 Å². The Morgan fingerprint density at radius 2 is 1.88 bits per heavy atom. The lowest BCUT2D eigenvalue weighted by molar-refractivity contribution is -0.465. The summed E-state index contributed by atoms with van der Waals surface area (Å²) in [6.45, 7) is 0. The molecule has 1 rings (SSSR count). The van der Waals surface area contributed by atoms with Crippen molar-refractivity contribution in [2.24, 2.45) is 20.7 Å². The Balaban J connectivity index is 2.62. The molecule has 1 radical (unpaired) electrons. The smallest absolute Gasteiger partial charge is 0.260 e. The lowest BCUT2D eigenvalue weighted by Gasteiger charge is -1.80. The number of nitrogens with zero attached hydrogens (tertiary/aromatic N) is 5. The first-order valence-corrected chi connectivity index (χ1v) is 1.64. The molecule has 0 bridgehead atoms. The summed E-state index contributed by atoms with van der Waals surface area (Å²) in [5.74, 6) is 0. The van der Waals surface area contributed by atoms with E-state index in [0.717, 1.165) is 0 Å². The summed E-state index contributed by atoms with van der Waals surface area (Å²) in [7, 11) is 0. The fraction of sp³-hybridized carbons (Fsp3) is 0. The van der Waals surface area contributed by atoms with Crippen molar-refractivity contribution in [3.05, 3.63) is 16.4 Å². The van der Waals surface area contributed by atoms with Gasteiger partial charge in [0.05, 0.1) is 4.92 Å². The zero-order valence-corrected chi connectivity index (χ0v) is 3.55. The second-order valence-electron chi connectivity index (χ2n) is 0.936. The highest BCUT2D eigenvalue weighted by molar-refractivity contribution is 4.66. The molecule has 0 aromatic rings. The first-order chi connectivity index (χ1) is 3.80. The molecule has 1 aliphatic heterocycles. The van der Waals surface area contributed by atoms with Crippen molar-refractivity contribution in [2.45, 2.75) is 0 Å². The molecule has 0 aliphatic carbocycles. The monoisotopic (exact) mass is 114 g/mol. The minimum atomic E-state index is -0.764. The minimum absolute atomic E-state index is 0.565. The first kappa shape index (κ1) is 4.75. The van der Waals surface area contributed by atoms with Crippen LogP contribution in [0.2, 0.25) is 0 Å². The summed E-state index contributed by atoms with van der Waals surface area (Å²) in [5, 5.41) is 21.3. The van der Waals surface area contributed by atoms with Crippen molar-refractivity contribution in [1.82, 2.24) is 0 Å². The lowest BCUT2D eigenvalue weighted by atomic mass is 11.0. The van der Waals surface area contributed by atoms with Gasteiger partial charge in [0.2, 0.25) is 0 Å². The van der Waals surface area contributed by atoms with Crippen molar-refractivity contribution < 1.29 is 4.92 Å². The van der Waals surface area contributed by atoms with E-state index in [2.05, 4.69) is 20.7 Å². The first-order valence-electron chi connectivity index (χ1n) is 1.64. The van der Waals surface area contributed by atoms with Gasteiger partial charge in [-0.25, -0.2) is 0 Å². The van der Waals surface area contributed by atoms with Crippen LogP contribution in [0.5, 0.6) is 0 Å². The van der Waals surface area contributed by atoms with Crippen LogP contribution in [0.4, 0.5) is 0 Å². The zero-order valence-electron chi connectivity index (χ0n) is 3.55. The normalized spacial score (nSPS) is 17.5. The van der Waals surface area contributed by atoms with Gasteiger partial charge in [-0.1, -0.05) is 10.2 Å². The summed E-state index contributed by atoms with van der Waals surface area (Å²) in [4.78, 5) is 8.90. The third-order valence-electron chi connectivity index (χ3n) is 0.472. The molecule has 0 atom stereocenters. The molecular weight excluding hydrogens is 114 g/mol. The quantitative estimate of drug-likeness (QED) is 0.367. The fourth-order valence-electron chi connectivity index (χ4n) is 0.213. The van der Waals surface area contributed by atoms with E-state index in [9.17, 15) is 10.1 Å². The Morgan fingerprint density at radius 1 is 1.38 bits per heavy atom. The molecule has 0 spiro atoms. The molecule has 0 amide bonds. The third kappa shape index (κ3) is 0.647. The van der Waals surface area contributed by atoms with Crippen molar-refractivity contribution in [3.8, 4) is 0 Å². The standard InChI is InChI=1S/CN5O2/c7-6(8)1-2-4-5-3-1. The van der Waals surface area contributed by atoms with E-state index in [1.807, 2.05) is 0 Å². The molecule has 0 unspecified atom stereocenters. The molecule has 7 heteroatoms. The van der Waals surface area contributed by atoms with Crippen molar-refractivity contribution >= 4 is 0 Å². The summed E-state index contributed by atoms with van der Waals surface area (Å²) >= 11 is 0. The van der Waals surface area contributed by atoms with E-state index >= 15 is 0 Å². The second-order valence-corrected chi connectivity index (χ2v) is 0.936. The average molecular weight is 114 g/mol. The van der Waals surface area contributed by atoms with Crippen molar-refractivity contribution in [1.29, 1.82) is 0 Å². The SMILES string of the molecule is O=[N+]([O-])[C]1N=NN=N1. The molecule has 1 aliphatic rings. The fourth-order valence-corrected chi connectivity index (χ4v) is 0.213. The highest BCUT2D eigenvalue weighted by Crippen LogP contribution is 2.11. The Morgan fingerprint density at radius 3 is 2.12 bits per heavy atom. The molecular formula is CN5O2. The predicted molar refractivity (Wildman–Crippen MR) is 19.9 cm³/mol. The maximum absolute atomic E-state index is 9.66.